The second-order valence-corrected chi connectivity index (χ2v) is 4.17. The third-order valence-electron chi connectivity index (χ3n) is 2.78. The number of hydrogen-bond donors (Lipinski definition) is 1. The molecule has 0 atom stereocenters. The quantitative estimate of drug-likeness (QED) is 0.798. The molecular formula is C14H13F3N2. The van der Waals surface area contributed by atoms with Crippen LogP contribution >= 0.6 is 0 Å². The summed E-state index contributed by atoms with van der Waals surface area (Å²) in [6, 6.07) is 0. The largest absolute Gasteiger partial charge is 0.417 e. The lowest BCUT2D eigenvalue weighted by molar-refractivity contribution is -0.136. The minimum absolute atomic E-state index is 0.119. The number of halogens is 3. The first-order chi connectivity index (χ1) is 8.95. The predicted octanol–water partition coefficient (Wildman–Crippen LogP) is 4.48. The molecule has 0 aliphatic rings. The first kappa shape index (κ1) is 13.4. The van der Waals surface area contributed by atoms with E-state index in [1.165, 1.54) is 19.3 Å². The Kier molecular flexibility index (Phi) is 3.46. The monoisotopic (exact) mass is 266 g/mol. The molecule has 0 aromatic carbocycles. The van der Waals surface area contributed by atoms with Crippen molar-refractivity contribution in [2.75, 3.05) is 0 Å². The van der Waals surface area contributed by atoms with Crippen LogP contribution in [0.15, 0.2) is 30.6 Å². The molecule has 19 heavy (non-hydrogen) atoms. The van der Waals surface area contributed by atoms with Gasteiger partial charge in [-0.1, -0.05) is 24.3 Å². The maximum atomic E-state index is 13.1. The highest BCUT2D eigenvalue weighted by atomic mass is 19.4. The second kappa shape index (κ2) is 4.91. The van der Waals surface area contributed by atoms with Gasteiger partial charge in [0.05, 0.1) is 5.56 Å². The third kappa shape index (κ3) is 2.54. The fourth-order valence-corrected chi connectivity index (χ4v) is 1.98. The lowest BCUT2D eigenvalue weighted by atomic mass is 10.0. The van der Waals surface area contributed by atoms with Crippen LogP contribution in [-0.2, 0) is 6.18 Å². The number of alkyl halides is 3. The van der Waals surface area contributed by atoms with Gasteiger partial charge >= 0.3 is 6.18 Å². The molecule has 0 spiro atoms. The molecule has 5 heteroatoms. The van der Waals surface area contributed by atoms with Crippen LogP contribution in [0.1, 0.15) is 23.6 Å². The molecule has 0 aliphatic heterocycles. The van der Waals surface area contributed by atoms with Gasteiger partial charge in [-0.3, -0.25) is 0 Å². The number of pyridine rings is 1. The molecule has 2 nitrogen and oxygen atoms in total. The van der Waals surface area contributed by atoms with Gasteiger partial charge in [0.15, 0.2) is 0 Å². The van der Waals surface area contributed by atoms with Crippen molar-refractivity contribution >= 4 is 17.1 Å². The predicted molar refractivity (Wildman–Crippen MR) is 69.7 cm³/mol. The van der Waals surface area contributed by atoms with Gasteiger partial charge in [-0.25, -0.2) is 4.98 Å². The molecule has 1 N–H and O–H groups in total. The molecule has 2 heterocycles. The summed E-state index contributed by atoms with van der Waals surface area (Å²) >= 11 is 0. The summed E-state index contributed by atoms with van der Waals surface area (Å²) in [5.41, 5.74) is 0.230. The van der Waals surface area contributed by atoms with E-state index in [0.717, 1.165) is 0 Å². The van der Waals surface area contributed by atoms with Gasteiger partial charge in [0.1, 0.15) is 5.65 Å². The van der Waals surface area contributed by atoms with Crippen molar-refractivity contribution in [3.05, 3.63) is 47.3 Å². The Bertz CT molecular complexity index is 648. The molecule has 0 fully saturated rings. The van der Waals surface area contributed by atoms with Crippen LogP contribution in [-0.4, -0.2) is 9.97 Å². The number of aromatic nitrogens is 2. The van der Waals surface area contributed by atoms with Crippen LogP contribution in [0, 0.1) is 6.92 Å². The van der Waals surface area contributed by atoms with Gasteiger partial charge < -0.3 is 4.98 Å². The Morgan fingerprint density at radius 1 is 1.26 bits per heavy atom. The Labute approximate surface area is 108 Å². The van der Waals surface area contributed by atoms with Crippen molar-refractivity contribution in [1.82, 2.24) is 9.97 Å². The Hall–Kier alpha value is -2.04. The summed E-state index contributed by atoms with van der Waals surface area (Å²) in [6.45, 7) is 3.26. The molecule has 100 valence electrons. The van der Waals surface area contributed by atoms with Crippen LogP contribution in [0.2, 0.25) is 0 Å². The molecule has 0 amide bonds. The number of allylic oxidation sites excluding steroid dienone is 3. The smallest absolute Gasteiger partial charge is 0.346 e. The first-order valence-electron chi connectivity index (χ1n) is 5.78. The summed E-state index contributed by atoms with van der Waals surface area (Å²) in [7, 11) is 0. The molecule has 0 bridgehead atoms. The summed E-state index contributed by atoms with van der Waals surface area (Å²) in [5, 5.41) is 0.119. The van der Waals surface area contributed by atoms with E-state index in [1.54, 1.807) is 24.3 Å². The number of aromatic amines is 1. The van der Waals surface area contributed by atoms with E-state index in [0.29, 0.717) is 5.56 Å². The average Bonchev–Trinajstić information content (AvgIpc) is 2.71. The minimum atomic E-state index is -4.39. The molecule has 0 radical (unpaired) electrons. The van der Waals surface area contributed by atoms with Crippen LogP contribution in [0.4, 0.5) is 13.2 Å². The van der Waals surface area contributed by atoms with Crippen LogP contribution in [0.25, 0.3) is 17.1 Å². The highest BCUT2D eigenvalue weighted by Crippen LogP contribution is 2.38. The van der Waals surface area contributed by atoms with E-state index in [9.17, 15) is 13.2 Å². The van der Waals surface area contributed by atoms with Gasteiger partial charge in [-0.05, 0) is 19.4 Å². The van der Waals surface area contributed by atoms with Gasteiger partial charge in [0.2, 0.25) is 0 Å². The zero-order valence-corrected chi connectivity index (χ0v) is 10.5. The lowest BCUT2D eigenvalue weighted by Crippen LogP contribution is -2.09. The van der Waals surface area contributed by atoms with Crippen LogP contribution < -0.4 is 0 Å². The summed E-state index contributed by atoms with van der Waals surface area (Å²) in [4.78, 5) is 6.76. The highest BCUT2D eigenvalue weighted by Gasteiger charge is 2.35. The van der Waals surface area contributed by atoms with E-state index in [2.05, 4.69) is 9.97 Å². The lowest BCUT2D eigenvalue weighted by Gasteiger charge is -2.11. The summed E-state index contributed by atoms with van der Waals surface area (Å²) in [6.07, 6.45) is 5.28. The summed E-state index contributed by atoms with van der Waals surface area (Å²) in [5.74, 6) is 0. The number of hydrogen-bond acceptors (Lipinski definition) is 1. The van der Waals surface area contributed by atoms with Crippen LogP contribution in [0.5, 0.6) is 0 Å². The minimum Gasteiger partial charge on any atom is -0.346 e. The van der Waals surface area contributed by atoms with Crippen molar-refractivity contribution < 1.29 is 13.2 Å². The van der Waals surface area contributed by atoms with E-state index in [1.807, 2.05) is 6.92 Å². The van der Waals surface area contributed by atoms with E-state index >= 15 is 0 Å². The molecule has 2 aromatic rings. The zero-order chi connectivity index (χ0) is 14.0. The maximum absolute atomic E-state index is 13.1. The van der Waals surface area contributed by atoms with Crippen LogP contribution in [0.3, 0.4) is 0 Å². The number of fused-ring (bicyclic) bond motifs is 1. The van der Waals surface area contributed by atoms with Crippen molar-refractivity contribution in [2.24, 2.45) is 0 Å². The van der Waals surface area contributed by atoms with Crippen molar-refractivity contribution in [3.8, 4) is 0 Å². The molecule has 2 rings (SSSR count). The third-order valence-corrected chi connectivity index (χ3v) is 2.78. The fraction of sp³-hybridized carbons (Fsp3) is 0.214. The van der Waals surface area contributed by atoms with E-state index in [4.69, 9.17) is 0 Å². The van der Waals surface area contributed by atoms with E-state index in [-0.39, 0.29) is 16.6 Å². The molecular weight excluding hydrogens is 253 g/mol. The molecule has 0 saturated carbocycles. The molecule has 0 unspecified atom stereocenters. The Morgan fingerprint density at radius 3 is 2.63 bits per heavy atom. The fourth-order valence-electron chi connectivity index (χ4n) is 1.98. The van der Waals surface area contributed by atoms with Gasteiger partial charge in [-0.2, -0.15) is 13.2 Å². The number of H-pyrrole nitrogens is 1. The molecule has 0 aliphatic carbocycles. The topological polar surface area (TPSA) is 28.7 Å². The normalized spacial score (nSPS) is 13.1. The first-order valence-corrected chi connectivity index (χ1v) is 5.78. The Balaban J connectivity index is 2.72. The van der Waals surface area contributed by atoms with Gasteiger partial charge in [0, 0.05) is 23.3 Å². The summed E-state index contributed by atoms with van der Waals surface area (Å²) < 4.78 is 39.4. The highest BCUT2D eigenvalue weighted by molar-refractivity contribution is 5.90. The molecule has 0 saturated heterocycles. The number of nitrogens with one attached hydrogen (secondary N) is 1. The van der Waals surface area contributed by atoms with Gasteiger partial charge in [-0.15, -0.1) is 0 Å². The SMILES string of the molecule is C/C=C/C=C/c1c[nH]c2ncc(C)c(C(F)(F)F)c12. The molecule has 2 aromatic heterocycles. The number of nitrogens with zero attached hydrogens (tertiary/aromatic N) is 1. The number of rotatable bonds is 2. The Morgan fingerprint density at radius 2 is 2.00 bits per heavy atom. The zero-order valence-electron chi connectivity index (χ0n) is 10.5. The van der Waals surface area contributed by atoms with Gasteiger partial charge in [0.25, 0.3) is 0 Å². The van der Waals surface area contributed by atoms with E-state index < -0.39 is 11.7 Å². The van der Waals surface area contributed by atoms with Crippen molar-refractivity contribution in [1.29, 1.82) is 0 Å². The number of aryl methyl sites for hydroxylation is 1. The standard InChI is InChI=1S/C14H13F3N2/c1-3-4-5-6-10-8-19-13-11(10)12(14(15,16)17)9(2)7-18-13/h3-8H,1-2H3,(H,18,19)/b4-3+,6-5+. The average molecular weight is 266 g/mol. The van der Waals surface area contributed by atoms with Crippen molar-refractivity contribution in [3.63, 3.8) is 0 Å². The van der Waals surface area contributed by atoms with Crippen molar-refractivity contribution in [2.45, 2.75) is 20.0 Å². The second-order valence-electron chi connectivity index (χ2n) is 4.17. The maximum Gasteiger partial charge on any atom is 0.417 e.